The van der Waals surface area contributed by atoms with Crippen molar-refractivity contribution in [2.24, 2.45) is 10.9 Å². The van der Waals surface area contributed by atoms with Crippen molar-refractivity contribution in [1.29, 1.82) is 0 Å². The van der Waals surface area contributed by atoms with Crippen LogP contribution in [0.4, 0.5) is 0 Å². The van der Waals surface area contributed by atoms with Crippen LogP contribution in [0.1, 0.15) is 30.1 Å². The van der Waals surface area contributed by atoms with Crippen LogP contribution < -0.4 is 10.6 Å². The quantitative estimate of drug-likeness (QED) is 0.307. The Hall–Kier alpha value is -2.09. The molecule has 27 heavy (non-hydrogen) atoms. The fourth-order valence-electron chi connectivity index (χ4n) is 2.95. The molecule has 0 atom stereocenters. The first-order valence-electron chi connectivity index (χ1n) is 9.20. The smallest absolute Gasteiger partial charge is 0.308 e. The van der Waals surface area contributed by atoms with E-state index in [0.29, 0.717) is 18.7 Å². The molecule has 148 valence electrons. The van der Waals surface area contributed by atoms with Crippen LogP contribution in [-0.2, 0) is 9.53 Å². The number of rotatable bonds is 6. The number of ether oxygens (including phenoxy) is 1. The van der Waals surface area contributed by atoms with Gasteiger partial charge >= 0.3 is 5.97 Å². The molecule has 1 amide bonds. The van der Waals surface area contributed by atoms with Crippen LogP contribution in [-0.4, -0.2) is 62.6 Å². The molecule has 2 N–H and O–H groups in total. The summed E-state index contributed by atoms with van der Waals surface area (Å²) in [6, 6.07) is 7.24. The summed E-state index contributed by atoms with van der Waals surface area (Å²) in [7, 11) is 1.43. The predicted molar refractivity (Wildman–Crippen MR) is 109 cm³/mol. The minimum Gasteiger partial charge on any atom is -0.469 e. The maximum atomic E-state index is 12.1. The lowest BCUT2D eigenvalue weighted by atomic mass is 9.97. The highest BCUT2D eigenvalue weighted by molar-refractivity contribution is 9.10. The van der Waals surface area contributed by atoms with Crippen molar-refractivity contribution < 1.29 is 14.3 Å². The molecule has 0 aliphatic carbocycles. The summed E-state index contributed by atoms with van der Waals surface area (Å²) in [5, 5.41) is 6.16. The van der Waals surface area contributed by atoms with Gasteiger partial charge < -0.3 is 20.3 Å². The van der Waals surface area contributed by atoms with Crippen molar-refractivity contribution >= 4 is 33.8 Å². The van der Waals surface area contributed by atoms with E-state index in [-0.39, 0.29) is 17.8 Å². The van der Waals surface area contributed by atoms with E-state index in [9.17, 15) is 9.59 Å². The van der Waals surface area contributed by atoms with Crippen LogP contribution in [0.5, 0.6) is 0 Å². The first-order valence-corrected chi connectivity index (χ1v) is 9.99. The number of carbonyl (C=O) groups is 2. The van der Waals surface area contributed by atoms with Crippen LogP contribution >= 0.6 is 15.9 Å². The van der Waals surface area contributed by atoms with E-state index in [4.69, 9.17) is 4.74 Å². The molecular weight excluding hydrogens is 412 g/mol. The molecule has 2 rings (SSSR count). The highest BCUT2D eigenvalue weighted by atomic mass is 79.9. The number of hydrogen-bond acceptors (Lipinski definition) is 4. The minimum absolute atomic E-state index is 0.0284. The lowest BCUT2D eigenvalue weighted by Crippen LogP contribution is -2.47. The molecule has 1 fully saturated rings. The fourth-order valence-corrected chi connectivity index (χ4v) is 3.22. The van der Waals surface area contributed by atoms with E-state index in [0.717, 1.165) is 42.9 Å². The monoisotopic (exact) mass is 438 g/mol. The van der Waals surface area contributed by atoms with Gasteiger partial charge in [-0.1, -0.05) is 15.9 Å². The maximum absolute atomic E-state index is 12.1. The van der Waals surface area contributed by atoms with Crippen molar-refractivity contribution in [2.45, 2.75) is 19.8 Å². The van der Waals surface area contributed by atoms with Crippen LogP contribution in [0, 0.1) is 5.92 Å². The van der Waals surface area contributed by atoms with Crippen LogP contribution in [0.3, 0.4) is 0 Å². The number of methoxy groups -OCH3 is 1. The third kappa shape index (κ3) is 6.53. The Balaban J connectivity index is 1.82. The highest BCUT2D eigenvalue weighted by Gasteiger charge is 2.26. The molecule has 1 aliphatic heterocycles. The standard InChI is InChI=1S/C19H27BrN4O3/c1-3-21-19(24-12-8-15(9-13-24)18(26)27-2)23-11-10-22-17(25)14-4-6-16(20)7-5-14/h4-7,15H,3,8-13H2,1-2H3,(H,21,23)(H,22,25). The molecule has 0 aromatic heterocycles. The summed E-state index contributed by atoms with van der Waals surface area (Å²) in [6.45, 7) is 5.25. The topological polar surface area (TPSA) is 83.0 Å². The molecule has 1 aliphatic rings. The van der Waals surface area contributed by atoms with Crippen molar-refractivity contribution in [3.63, 3.8) is 0 Å². The summed E-state index contributed by atoms with van der Waals surface area (Å²) in [5.74, 6) is 0.548. The van der Waals surface area contributed by atoms with Crippen molar-refractivity contribution in [3.8, 4) is 0 Å². The van der Waals surface area contributed by atoms with E-state index < -0.39 is 0 Å². The van der Waals surface area contributed by atoms with Crippen molar-refractivity contribution in [1.82, 2.24) is 15.5 Å². The number of halogens is 1. The fraction of sp³-hybridized carbons (Fsp3) is 0.526. The molecule has 1 heterocycles. The van der Waals surface area contributed by atoms with E-state index in [2.05, 4.69) is 36.5 Å². The van der Waals surface area contributed by atoms with Gasteiger partial charge in [-0.15, -0.1) is 0 Å². The Morgan fingerprint density at radius 1 is 1.22 bits per heavy atom. The summed E-state index contributed by atoms with van der Waals surface area (Å²) in [5.41, 5.74) is 0.624. The van der Waals surface area contributed by atoms with Crippen LogP contribution in [0.2, 0.25) is 0 Å². The molecule has 0 radical (unpaired) electrons. The number of esters is 1. The molecule has 0 spiro atoms. The summed E-state index contributed by atoms with van der Waals surface area (Å²) in [6.07, 6.45) is 1.52. The number of piperidine rings is 1. The molecule has 8 heteroatoms. The zero-order valence-electron chi connectivity index (χ0n) is 15.8. The molecule has 0 bridgehead atoms. The van der Waals surface area contributed by atoms with Gasteiger partial charge in [0.1, 0.15) is 0 Å². The Kier molecular flexibility index (Phi) is 8.57. The van der Waals surface area contributed by atoms with Crippen LogP contribution in [0.25, 0.3) is 0 Å². The first kappa shape index (κ1) is 21.2. The zero-order valence-corrected chi connectivity index (χ0v) is 17.4. The Morgan fingerprint density at radius 2 is 1.89 bits per heavy atom. The van der Waals surface area contributed by atoms with Gasteiger partial charge in [-0.05, 0) is 44.0 Å². The van der Waals surface area contributed by atoms with Crippen LogP contribution in [0.15, 0.2) is 33.7 Å². The molecule has 0 unspecified atom stereocenters. The van der Waals surface area contributed by atoms with Crippen molar-refractivity contribution in [3.05, 3.63) is 34.3 Å². The van der Waals surface area contributed by atoms with Gasteiger partial charge in [0.2, 0.25) is 0 Å². The molecule has 1 saturated heterocycles. The van der Waals surface area contributed by atoms with E-state index in [1.165, 1.54) is 7.11 Å². The number of likely N-dealkylation sites (tertiary alicyclic amines) is 1. The Bertz CT molecular complexity index is 655. The maximum Gasteiger partial charge on any atom is 0.308 e. The second-order valence-electron chi connectivity index (χ2n) is 6.28. The summed E-state index contributed by atoms with van der Waals surface area (Å²) < 4.78 is 5.77. The number of guanidine groups is 1. The molecule has 1 aromatic rings. The number of hydrogen-bond donors (Lipinski definition) is 2. The lowest BCUT2D eigenvalue weighted by molar-refractivity contribution is -0.146. The SMILES string of the molecule is CCNC(=NCCNC(=O)c1ccc(Br)cc1)N1CCC(C(=O)OC)CC1. The molecule has 7 nitrogen and oxygen atoms in total. The number of aliphatic imine (C=N–C) groups is 1. The number of nitrogens with zero attached hydrogens (tertiary/aromatic N) is 2. The first-order chi connectivity index (χ1) is 13.0. The normalized spacial score (nSPS) is 15.4. The molecule has 0 saturated carbocycles. The second kappa shape index (κ2) is 10.9. The summed E-state index contributed by atoms with van der Waals surface area (Å²) >= 11 is 3.36. The second-order valence-corrected chi connectivity index (χ2v) is 7.20. The molecular formula is C19H27BrN4O3. The average Bonchev–Trinajstić information content (AvgIpc) is 2.70. The predicted octanol–water partition coefficient (Wildman–Crippen LogP) is 2.03. The zero-order chi connectivity index (χ0) is 19.6. The van der Waals surface area contributed by atoms with Crippen molar-refractivity contribution in [2.75, 3.05) is 39.8 Å². The van der Waals surface area contributed by atoms with Gasteiger partial charge in [-0.2, -0.15) is 0 Å². The average molecular weight is 439 g/mol. The largest absolute Gasteiger partial charge is 0.469 e. The highest BCUT2D eigenvalue weighted by Crippen LogP contribution is 2.18. The lowest BCUT2D eigenvalue weighted by Gasteiger charge is -2.33. The van der Waals surface area contributed by atoms with E-state index in [1.807, 2.05) is 19.1 Å². The van der Waals surface area contributed by atoms with Gasteiger partial charge in [0.15, 0.2) is 5.96 Å². The number of amides is 1. The van der Waals surface area contributed by atoms with Gasteiger partial charge in [-0.25, -0.2) is 0 Å². The van der Waals surface area contributed by atoms with Gasteiger partial charge in [0.25, 0.3) is 5.91 Å². The van der Waals surface area contributed by atoms with Gasteiger partial charge in [-0.3, -0.25) is 14.6 Å². The summed E-state index contributed by atoms with van der Waals surface area (Å²) in [4.78, 5) is 30.5. The third-order valence-corrected chi connectivity index (χ3v) is 4.96. The van der Waals surface area contributed by atoms with Gasteiger partial charge in [0, 0.05) is 36.2 Å². The Labute approximate surface area is 168 Å². The van der Waals surface area contributed by atoms with E-state index in [1.54, 1.807) is 12.1 Å². The Morgan fingerprint density at radius 3 is 2.48 bits per heavy atom. The van der Waals surface area contributed by atoms with Gasteiger partial charge in [0.05, 0.1) is 19.6 Å². The third-order valence-electron chi connectivity index (χ3n) is 4.43. The molecule has 1 aromatic carbocycles. The number of benzene rings is 1. The number of nitrogens with one attached hydrogen (secondary N) is 2. The van der Waals surface area contributed by atoms with E-state index >= 15 is 0 Å². The minimum atomic E-state index is -0.132. The number of carbonyl (C=O) groups excluding carboxylic acids is 2.